The maximum atomic E-state index is 12.5. The highest BCUT2D eigenvalue weighted by Gasteiger charge is 2.24. The predicted molar refractivity (Wildman–Crippen MR) is 114 cm³/mol. The van der Waals surface area contributed by atoms with Gasteiger partial charge in [0, 0.05) is 18.0 Å². The van der Waals surface area contributed by atoms with Crippen LogP contribution in [-0.4, -0.2) is 29.5 Å². The molecule has 156 valence electrons. The van der Waals surface area contributed by atoms with Crippen LogP contribution in [0.4, 0.5) is 0 Å². The summed E-state index contributed by atoms with van der Waals surface area (Å²) in [5, 5.41) is 2.87. The second kappa shape index (κ2) is 9.87. The van der Waals surface area contributed by atoms with Gasteiger partial charge in [-0.3, -0.25) is 4.79 Å². The van der Waals surface area contributed by atoms with Crippen molar-refractivity contribution in [1.82, 2.24) is 10.3 Å². The Morgan fingerprint density at radius 2 is 1.70 bits per heavy atom. The Labute approximate surface area is 176 Å². The van der Waals surface area contributed by atoms with Gasteiger partial charge in [0.15, 0.2) is 11.8 Å². The van der Waals surface area contributed by atoms with Crippen molar-refractivity contribution in [3.05, 3.63) is 77.7 Å². The molecule has 0 fully saturated rings. The Hall–Kier alpha value is -3.41. The second-order valence-corrected chi connectivity index (χ2v) is 7.10. The number of nitrogens with one attached hydrogen (secondary N) is 1. The van der Waals surface area contributed by atoms with Gasteiger partial charge in [-0.1, -0.05) is 55.5 Å². The molecule has 0 spiro atoms. The molecule has 0 unspecified atom stereocenters. The summed E-state index contributed by atoms with van der Waals surface area (Å²) >= 11 is 0. The number of carbonyl (C=O) groups is 2. The fraction of sp³-hybridized carbons (Fsp3) is 0.292. The molecule has 0 saturated heterocycles. The smallest absolute Gasteiger partial charge is 0.361 e. The molecule has 6 heteroatoms. The van der Waals surface area contributed by atoms with E-state index >= 15 is 0 Å². The van der Waals surface area contributed by atoms with Crippen molar-refractivity contribution in [2.45, 2.75) is 39.2 Å². The highest BCUT2D eigenvalue weighted by atomic mass is 16.5. The molecule has 30 heavy (non-hydrogen) atoms. The normalized spacial score (nSPS) is 12.8. The quantitative estimate of drug-likeness (QED) is 0.557. The number of hydrogen-bond acceptors (Lipinski definition) is 5. The Morgan fingerprint density at radius 1 is 1.07 bits per heavy atom. The first-order chi connectivity index (χ1) is 14.5. The van der Waals surface area contributed by atoms with Gasteiger partial charge in [-0.15, -0.1) is 0 Å². The highest BCUT2D eigenvalue weighted by Crippen LogP contribution is 2.22. The number of amides is 1. The second-order valence-electron chi connectivity index (χ2n) is 7.10. The van der Waals surface area contributed by atoms with Crippen molar-refractivity contribution in [3.8, 4) is 11.5 Å². The van der Waals surface area contributed by atoms with Gasteiger partial charge in [0.05, 0.1) is 0 Å². The minimum absolute atomic E-state index is 0.0734. The summed E-state index contributed by atoms with van der Waals surface area (Å²) in [6, 6.07) is 19.3. The van der Waals surface area contributed by atoms with E-state index in [2.05, 4.69) is 17.2 Å². The molecule has 1 heterocycles. The Balaban J connectivity index is 1.59. The lowest BCUT2D eigenvalue weighted by atomic mass is 9.96. The molecular weight excluding hydrogens is 380 g/mol. The summed E-state index contributed by atoms with van der Waals surface area (Å²) in [7, 11) is 0. The average molecular weight is 406 g/mol. The number of oxazole rings is 1. The van der Waals surface area contributed by atoms with E-state index in [4.69, 9.17) is 9.15 Å². The number of aryl methyl sites for hydroxylation is 1. The zero-order valence-electron chi connectivity index (χ0n) is 17.4. The standard InChI is InChI=1S/C24H26N2O4/c1-4-18(19-11-7-5-8-12-19)15-25-22(27)17(3)30-24(28)21-16(2)29-23(26-21)20-13-9-6-10-14-20/h5-14,17-18H,4,15H2,1-3H3,(H,25,27)/t17-,18-/m1/s1. The molecule has 0 saturated carbocycles. The number of esters is 1. The predicted octanol–water partition coefficient (Wildman–Crippen LogP) is 4.51. The lowest BCUT2D eigenvalue weighted by molar-refractivity contribution is -0.129. The van der Waals surface area contributed by atoms with E-state index in [0.717, 1.165) is 17.5 Å². The van der Waals surface area contributed by atoms with Crippen LogP contribution in [0.5, 0.6) is 0 Å². The third kappa shape index (κ3) is 5.14. The third-order valence-corrected chi connectivity index (χ3v) is 4.95. The van der Waals surface area contributed by atoms with Crippen LogP contribution >= 0.6 is 0 Å². The summed E-state index contributed by atoms with van der Waals surface area (Å²) in [5.74, 6) is -0.144. The van der Waals surface area contributed by atoms with E-state index in [9.17, 15) is 9.59 Å². The Kier molecular flexibility index (Phi) is 7.01. The molecule has 1 amide bonds. The lowest BCUT2D eigenvalue weighted by Crippen LogP contribution is -2.38. The summed E-state index contributed by atoms with van der Waals surface area (Å²) in [5.41, 5.74) is 2.00. The van der Waals surface area contributed by atoms with E-state index in [1.165, 1.54) is 0 Å². The van der Waals surface area contributed by atoms with Crippen molar-refractivity contribution in [2.24, 2.45) is 0 Å². The first kappa shape index (κ1) is 21.3. The summed E-state index contributed by atoms with van der Waals surface area (Å²) in [4.78, 5) is 29.2. The SMILES string of the molecule is CC[C@H](CNC(=O)[C@@H](C)OC(=O)c1nc(-c2ccccc2)oc1C)c1ccccc1. The number of rotatable bonds is 8. The molecule has 3 aromatic rings. The van der Waals surface area contributed by atoms with Crippen LogP contribution in [0.3, 0.4) is 0 Å². The summed E-state index contributed by atoms with van der Waals surface area (Å²) in [6.07, 6.45) is -0.0548. The van der Waals surface area contributed by atoms with Crippen LogP contribution in [0.2, 0.25) is 0 Å². The molecule has 3 rings (SSSR count). The molecule has 0 aliphatic rings. The van der Waals surface area contributed by atoms with Crippen molar-refractivity contribution in [3.63, 3.8) is 0 Å². The number of hydrogen-bond donors (Lipinski definition) is 1. The first-order valence-electron chi connectivity index (χ1n) is 10.1. The molecular formula is C24H26N2O4. The number of benzene rings is 2. The maximum Gasteiger partial charge on any atom is 0.361 e. The largest absolute Gasteiger partial charge is 0.448 e. The molecule has 6 nitrogen and oxygen atoms in total. The Morgan fingerprint density at radius 3 is 2.33 bits per heavy atom. The van der Waals surface area contributed by atoms with Crippen molar-refractivity contribution < 1.29 is 18.7 Å². The minimum atomic E-state index is -0.943. The van der Waals surface area contributed by atoms with Crippen LogP contribution in [-0.2, 0) is 9.53 Å². The highest BCUT2D eigenvalue weighted by molar-refractivity contribution is 5.91. The maximum absolute atomic E-state index is 12.5. The van der Waals surface area contributed by atoms with Gasteiger partial charge in [-0.05, 0) is 38.0 Å². The zero-order valence-corrected chi connectivity index (χ0v) is 17.4. The molecule has 0 aliphatic heterocycles. The summed E-state index contributed by atoms with van der Waals surface area (Å²) < 4.78 is 10.9. The van der Waals surface area contributed by atoms with Gasteiger partial charge in [0.1, 0.15) is 5.76 Å². The van der Waals surface area contributed by atoms with Crippen LogP contribution in [0.25, 0.3) is 11.5 Å². The molecule has 0 bridgehead atoms. The van der Waals surface area contributed by atoms with Gasteiger partial charge in [0.25, 0.3) is 5.91 Å². The molecule has 2 atom stereocenters. The number of nitrogens with zero attached hydrogens (tertiary/aromatic N) is 1. The Bertz CT molecular complexity index is 983. The van der Waals surface area contributed by atoms with Crippen molar-refractivity contribution in [2.75, 3.05) is 6.54 Å². The van der Waals surface area contributed by atoms with E-state index < -0.39 is 12.1 Å². The fourth-order valence-corrected chi connectivity index (χ4v) is 3.15. The van der Waals surface area contributed by atoms with Gasteiger partial charge in [0.2, 0.25) is 5.89 Å². The van der Waals surface area contributed by atoms with E-state index in [1.807, 2.05) is 60.7 Å². The lowest BCUT2D eigenvalue weighted by Gasteiger charge is -2.18. The third-order valence-electron chi connectivity index (χ3n) is 4.95. The van der Waals surface area contributed by atoms with Gasteiger partial charge < -0.3 is 14.5 Å². The fourth-order valence-electron chi connectivity index (χ4n) is 3.15. The first-order valence-corrected chi connectivity index (χ1v) is 10.1. The average Bonchev–Trinajstić information content (AvgIpc) is 3.17. The molecule has 1 aromatic heterocycles. The van der Waals surface area contributed by atoms with E-state index in [0.29, 0.717) is 18.2 Å². The molecule has 2 aromatic carbocycles. The molecule has 1 N–H and O–H groups in total. The minimum Gasteiger partial charge on any atom is -0.448 e. The number of aromatic nitrogens is 1. The molecule has 0 radical (unpaired) electrons. The van der Waals surface area contributed by atoms with Crippen LogP contribution < -0.4 is 5.32 Å². The van der Waals surface area contributed by atoms with Crippen molar-refractivity contribution >= 4 is 11.9 Å². The van der Waals surface area contributed by atoms with Crippen LogP contribution in [0, 0.1) is 6.92 Å². The van der Waals surface area contributed by atoms with E-state index in [-0.39, 0.29) is 17.5 Å². The molecule has 0 aliphatic carbocycles. The van der Waals surface area contributed by atoms with Gasteiger partial charge in [-0.2, -0.15) is 0 Å². The monoisotopic (exact) mass is 406 g/mol. The number of ether oxygens (including phenoxy) is 1. The van der Waals surface area contributed by atoms with Gasteiger partial charge >= 0.3 is 5.97 Å². The zero-order chi connectivity index (χ0) is 21.5. The summed E-state index contributed by atoms with van der Waals surface area (Å²) in [6.45, 7) is 5.74. The van der Waals surface area contributed by atoms with Gasteiger partial charge in [-0.25, -0.2) is 9.78 Å². The van der Waals surface area contributed by atoms with Crippen LogP contribution in [0.15, 0.2) is 65.1 Å². The number of carbonyl (C=O) groups excluding carboxylic acids is 2. The van der Waals surface area contributed by atoms with Crippen molar-refractivity contribution in [1.29, 1.82) is 0 Å². The van der Waals surface area contributed by atoms with E-state index in [1.54, 1.807) is 13.8 Å². The topological polar surface area (TPSA) is 81.4 Å². The van der Waals surface area contributed by atoms with Crippen LogP contribution in [0.1, 0.15) is 48.0 Å².